The lowest BCUT2D eigenvalue weighted by atomic mass is 9.44. The zero-order valence-electron chi connectivity index (χ0n) is 32.2. The molecule has 0 spiro atoms. The van der Waals surface area contributed by atoms with Crippen molar-refractivity contribution in [2.75, 3.05) is 4.90 Å². The Balaban J connectivity index is 1.26. The van der Waals surface area contributed by atoms with E-state index in [-0.39, 0.29) is 17.7 Å². The summed E-state index contributed by atoms with van der Waals surface area (Å²) < 4.78 is 8.22. The number of anilines is 3. The zero-order chi connectivity index (χ0) is 37.4. The third-order valence-electron chi connectivity index (χ3n) is 13.9. The van der Waals surface area contributed by atoms with E-state index in [9.17, 15) is 0 Å². The lowest BCUT2D eigenvalue weighted by molar-refractivity contribution is 0.332. The van der Waals surface area contributed by atoms with Crippen molar-refractivity contribution in [1.29, 1.82) is 0 Å². The molecule has 56 heavy (non-hydrogen) atoms. The van der Waals surface area contributed by atoms with E-state index < -0.39 is 0 Å². The maximum atomic E-state index is 2.76. The molecule has 0 saturated heterocycles. The number of aryl methyl sites for hydroxylation is 1. The van der Waals surface area contributed by atoms with Gasteiger partial charge in [-0.05, 0) is 93.4 Å². The van der Waals surface area contributed by atoms with Crippen molar-refractivity contribution in [3.05, 3.63) is 138 Å². The van der Waals surface area contributed by atoms with E-state index in [1.165, 1.54) is 131 Å². The average Bonchev–Trinajstić information content (AvgIpc) is 3.88. The van der Waals surface area contributed by atoms with Gasteiger partial charge in [-0.3, -0.25) is 0 Å². The van der Waals surface area contributed by atoms with Gasteiger partial charge in [-0.2, -0.15) is 0 Å². The van der Waals surface area contributed by atoms with Crippen LogP contribution in [0.1, 0.15) is 57.2 Å². The Hall–Kier alpha value is -5.36. The summed E-state index contributed by atoms with van der Waals surface area (Å²) in [4.78, 5) is 2.75. The maximum absolute atomic E-state index is 2.76. The predicted molar refractivity (Wildman–Crippen MR) is 246 cm³/mol. The fourth-order valence-electron chi connectivity index (χ4n) is 11.1. The second-order valence-corrected chi connectivity index (χ2v) is 20.0. The molecule has 0 fully saturated rings. The van der Waals surface area contributed by atoms with Crippen molar-refractivity contribution >= 4 is 120 Å². The molecule has 3 aromatic heterocycles. The summed E-state index contributed by atoms with van der Waals surface area (Å²) in [5.41, 5.74) is 16.8. The zero-order valence-corrected chi connectivity index (χ0v) is 33.9. The summed E-state index contributed by atoms with van der Waals surface area (Å²) in [7, 11) is 0. The maximum Gasteiger partial charge on any atom is 0.333 e. The Morgan fingerprint density at radius 1 is 0.554 bits per heavy atom. The number of thiophene rings is 2. The van der Waals surface area contributed by atoms with Crippen molar-refractivity contribution < 1.29 is 0 Å². The molecule has 10 aromatic rings. The number of aromatic nitrogens is 1. The molecule has 0 amide bonds. The van der Waals surface area contributed by atoms with Crippen molar-refractivity contribution in [3.8, 4) is 11.1 Å². The van der Waals surface area contributed by atoms with Crippen molar-refractivity contribution in [3.63, 3.8) is 0 Å². The summed E-state index contributed by atoms with van der Waals surface area (Å²) in [6.45, 7) is 12.2. The highest BCUT2D eigenvalue weighted by Crippen LogP contribution is 2.55. The number of fused-ring (bicyclic) bond motifs is 16. The Labute approximate surface area is 334 Å². The van der Waals surface area contributed by atoms with Gasteiger partial charge in [0.1, 0.15) is 0 Å². The fourth-order valence-corrected chi connectivity index (χ4v) is 13.6. The van der Waals surface area contributed by atoms with Crippen LogP contribution in [-0.2, 0) is 10.8 Å². The Morgan fingerprint density at radius 3 is 2.02 bits per heavy atom. The Bertz CT molecular complexity index is 3410. The minimum Gasteiger partial charge on any atom is -0.374 e. The second kappa shape index (κ2) is 10.5. The summed E-state index contributed by atoms with van der Waals surface area (Å²) in [5, 5.41) is 8.00. The van der Waals surface area contributed by atoms with E-state index in [2.05, 4.69) is 165 Å². The number of benzene rings is 7. The topological polar surface area (TPSA) is 8.17 Å². The van der Waals surface area contributed by atoms with Crippen LogP contribution in [0.25, 0.3) is 73.3 Å². The molecule has 0 bridgehead atoms. The molecule has 3 aliphatic rings. The molecule has 0 unspecified atom stereocenters. The molecule has 0 saturated carbocycles. The minimum atomic E-state index is 0.00619. The molecule has 2 aliphatic heterocycles. The van der Waals surface area contributed by atoms with Gasteiger partial charge in [0.05, 0.1) is 26.3 Å². The first-order chi connectivity index (χ1) is 27.2. The molecular weight excluding hydrogens is 716 g/mol. The van der Waals surface area contributed by atoms with Crippen LogP contribution in [0.5, 0.6) is 0 Å². The first kappa shape index (κ1) is 31.8. The van der Waals surface area contributed by atoms with Gasteiger partial charge >= 0.3 is 6.85 Å². The fraction of sp³-hybridized carbons (Fsp3) is 0.176. The first-order valence-corrected chi connectivity index (χ1v) is 21.7. The van der Waals surface area contributed by atoms with Crippen molar-refractivity contribution in [2.24, 2.45) is 0 Å². The minimum absolute atomic E-state index is 0.00619. The van der Waals surface area contributed by atoms with E-state index in [0.29, 0.717) is 0 Å². The van der Waals surface area contributed by atoms with E-state index >= 15 is 0 Å². The number of hydrogen-bond donors (Lipinski definition) is 0. The molecular formula is C51H39BN2S2. The first-order valence-electron chi connectivity index (χ1n) is 20.1. The third kappa shape index (κ3) is 3.84. The van der Waals surface area contributed by atoms with Crippen LogP contribution in [0.2, 0.25) is 0 Å². The van der Waals surface area contributed by atoms with Crippen LogP contribution in [0.4, 0.5) is 17.1 Å². The summed E-state index contributed by atoms with van der Waals surface area (Å²) >= 11 is 3.91. The van der Waals surface area contributed by atoms with Gasteiger partial charge in [-0.15, -0.1) is 22.7 Å². The largest absolute Gasteiger partial charge is 0.374 e. The standard InChI is InChI=1S/C51H39BN2S2/c1-28-25-37-38(51(4,5)24-23-50(37,2)3)27-40(28)53-45-30-14-7-6-13-29(30)26-36-32-17-12-18-35-44(32)54(46-34-16-9-11-20-42(34)56-49(35)46)52(43(36)45)39-22-21-33-31-15-8-10-19-41(31)55-48(33)47(39)53/h6-22,25-27H,23-24H2,1-5H3. The molecule has 7 aromatic carbocycles. The number of nitrogens with zero attached hydrogens (tertiary/aromatic N) is 2. The van der Waals surface area contributed by atoms with Gasteiger partial charge in [0.2, 0.25) is 0 Å². The van der Waals surface area contributed by atoms with E-state index in [0.717, 1.165) is 0 Å². The molecule has 5 heteroatoms. The molecule has 0 radical (unpaired) electrons. The molecule has 0 atom stereocenters. The van der Waals surface area contributed by atoms with Crippen LogP contribution < -0.4 is 15.8 Å². The van der Waals surface area contributed by atoms with Gasteiger partial charge in [0.25, 0.3) is 0 Å². The number of hydrogen-bond acceptors (Lipinski definition) is 3. The van der Waals surface area contributed by atoms with Gasteiger partial charge in [-0.1, -0.05) is 125 Å². The van der Waals surface area contributed by atoms with E-state index in [1.807, 2.05) is 22.7 Å². The highest BCUT2D eigenvalue weighted by molar-refractivity contribution is 7.27. The summed E-state index contributed by atoms with van der Waals surface area (Å²) in [5.74, 6) is 0. The van der Waals surface area contributed by atoms with E-state index in [4.69, 9.17) is 0 Å². The number of para-hydroxylation sites is 1. The normalized spacial score (nSPS) is 16.4. The van der Waals surface area contributed by atoms with E-state index in [1.54, 1.807) is 0 Å². The molecule has 13 rings (SSSR count). The smallest absolute Gasteiger partial charge is 0.333 e. The molecule has 2 nitrogen and oxygen atoms in total. The Kier molecular flexibility index (Phi) is 5.98. The lowest BCUT2D eigenvalue weighted by Crippen LogP contribution is -2.56. The van der Waals surface area contributed by atoms with Crippen molar-refractivity contribution in [1.82, 2.24) is 4.48 Å². The highest BCUT2D eigenvalue weighted by atomic mass is 32.1. The predicted octanol–water partition coefficient (Wildman–Crippen LogP) is 13.6. The summed E-state index contributed by atoms with van der Waals surface area (Å²) in [6.07, 6.45) is 2.39. The molecule has 1 aliphatic carbocycles. The van der Waals surface area contributed by atoms with Crippen LogP contribution >= 0.6 is 22.7 Å². The van der Waals surface area contributed by atoms with Gasteiger partial charge in [0.15, 0.2) is 0 Å². The van der Waals surface area contributed by atoms with Gasteiger partial charge in [0, 0.05) is 53.1 Å². The Morgan fingerprint density at radius 2 is 1.21 bits per heavy atom. The van der Waals surface area contributed by atoms with Gasteiger partial charge in [-0.25, -0.2) is 0 Å². The van der Waals surface area contributed by atoms with Crippen LogP contribution in [0, 0.1) is 6.92 Å². The SMILES string of the molecule is Cc1cc2c(cc1N1c3c4c(cc5ccccc35)-c3cccc5c6sc7ccccc7c6n(c35)B4c3ccc4c(sc5ccccc54)c31)C(C)(C)CCC2(C)C. The van der Waals surface area contributed by atoms with Crippen molar-refractivity contribution in [2.45, 2.75) is 58.3 Å². The molecule has 5 heterocycles. The van der Waals surface area contributed by atoms with Gasteiger partial charge < -0.3 is 9.38 Å². The summed E-state index contributed by atoms with van der Waals surface area (Å²) in [6, 6.07) is 46.9. The highest BCUT2D eigenvalue weighted by Gasteiger charge is 2.46. The monoisotopic (exact) mass is 754 g/mol. The van der Waals surface area contributed by atoms with Crippen LogP contribution in [0.15, 0.2) is 121 Å². The second-order valence-electron chi connectivity index (χ2n) is 17.9. The average molecular weight is 755 g/mol. The third-order valence-corrected chi connectivity index (χ3v) is 16.3. The van der Waals surface area contributed by atoms with Crippen LogP contribution in [0.3, 0.4) is 0 Å². The van der Waals surface area contributed by atoms with Crippen LogP contribution in [-0.4, -0.2) is 11.3 Å². The quantitative estimate of drug-likeness (QED) is 0.152. The molecule has 268 valence electrons. The molecule has 0 N–H and O–H groups in total. The number of rotatable bonds is 1. The lowest BCUT2D eigenvalue weighted by Gasteiger charge is -2.45.